The summed E-state index contributed by atoms with van der Waals surface area (Å²) in [4.78, 5) is 30.0. The zero-order chi connectivity index (χ0) is 25.6. The molecular formula is C26H24F4N2O2S. The van der Waals surface area contributed by atoms with Gasteiger partial charge in [-0.05, 0) is 59.8 Å². The smallest absolute Gasteiger partial charge is 0.332 e. The van der Waals surface area contributed by atoms with E-state index in [2.05, 4.69) is 6.58 Å². The maximum atomic E-state index is 13.3. The zero-order valence-electron chi connectivity index (χ0n) is 19.0. The van der Waals surface area contributed by atoms with E-state index >= 15 is 0 Å². The van der Waals surface area contributed by atoms with Gasteiger partial charge in [-0.15, -0.1) is 17.9 Å². The van der Waals surface area contributed by atoms with Crippen molar-refractivity contribution < 1.29 is 27.2 Å². The molecule has 0 bridgehead atoms. The summed E-state index contributed by atoms with van der Waals surface area (Å²) in [6.07, 6.45) is -3.19. The molecule has 3 rings (SSSR count). The Morgan fingerprint density at radius 1 is 1.03 bits per heavy atom. The van der Waals surface area contributed by atoms with E-state index in [0.29, 0.717) is 5.56 Å². The minimum absolute atomic E-state index is 0.0246. The van der Waals surface area contributed by atoms with Gasteiger partial charge in [0, 0.05) is 23.5 Å². The van der Waals surface area contributed by atoms with Crippen LogP contribution in [0.5, 0.6) is 0 Å². The van der Waals surface area contributed by atoms with Crippen LogP contribution in [0.1, 0.15) is 31.9 Å². The number of nitrogens with zero attached hydrogens (tertiary/aromatic N) is 2. The Kier molecular flexibility index (Phi) is 8.45. The van der Waals surface area contributed by atoms with Crippen molar-refractivity contribution in [2.45, 2.75) is 26.2 Å². The van der Waals surface area contributed by atoms with Gasteiger partial charge in [-0.25, -0.2) is 4.39 Å². The Balaban J connectivity index is 1.84. The second kappa shape index (κ2) is 11.3. The standard InChI is InChI=1S/C26H24F4N2O2S/c1-3-12-31(25(34)20-5-4-6-21(14-20)26(28,29)30)17-24(33)32(16-23-18(2)11-13-35-23)15-19-7-9-22(27)10-8-19/h3-11,13-14H,1,12,15-17H2,2H3. The van der Waals surface area contributed by atoms with Crippen molar-refractivity contribution in [3.8, 4) is 0 Å². The van der Waals surface area contributed by atoms with Crippen molar-refractivity contribution in [2.24, 2.45) is 0 Å². The first kappa shape index (κ1) is 26.2. The quantitative estimate of drug-likeness (QED) is 0.262. The summed E-state index contributed by atoms with van der Waals surface area (Å²) in [5.41, 5.74) is 0.594. The van der Waals surface area contributed by atoms with E-state index in [0.717, 1.165) is 33.5 Å². The molecular weight excluding hydrogens is 480 g/mol. The fourth-order valence-electron chi connectivity index (χ4n) is 3.43. The third kappa shape index (κ3) is 7.02. The summed E-state index contributed by atoms with van der Waals surface area (Å²) < 4.78 is 52.7. The van der Waals surface area contributed by atoms with Gasteiger partial charge < -0.3 is 9.80 Å². The Hall–Kier alpha value is -3.46. The van der Waals surface area contributed by atoms with Crippen molar-refractivity contribution in [1.29, 1.82) is 0 Å². The van der Waals surface area contributed by atoms with Crippen LogP contribution in [0.4, 0.5) is 17.6 Å². The Labute approximate surface area is 205 Å². The monoisotopic (exact) mass is 504 g/mol. The van der Waals surface area contributed by atoms with Gasteiger partial charge in [-0.3, -0.25) is 9.59 Å². The lowest BCUT2D eigenvalue weighted by atomic mass is 10.1. The molecule has 3 aromatic rings. The SMILES string of the molecule is C=CCN(CC(=O)N(Cc1ccc(F)cc1)Cc1sccc1C)C(=O)c1cccc(C(F)(F)F)c1. The summed E-state index contributed by atoms with van der Waals surface area (Å²) in [5, 5.41) is 1.91. The van der Waals surface area contributed by atoms with Crippen molar-refractivity contribution in [2.75, 3.05) is 13.1 Å². The van der Waals surface area contributed by atoms with Gasteiger partial charge in [-0.2, -0.15) is 13.2 Å². The average Bonchev–Trinajstić information content (AvgIpc) is 3.23. The average molecular weight is 505 g/mol. The van der Waals surface area contributed by atoms with Gasteiger partial charge in [0.1, 0.15) is 12.4 Å². The van der Waals surface area contributed by atoms with Crippen LogP contribution in [0.25, 0.3) is 0 Å². The second-order valence-electron chi connectivity index (χ2n) is 7.96. The number of amides is 2. The first-order chi connectivity index (χ1) is 16.6. The number of carbonyl (C=O) groups excluding carboxylic acids is 2. The number of benzene rings is 2. The van der Waals surface area contributed by atoms with Crippen molar-refractivity contribution in [3.05, 3.63) is 106 Å². The summed E-state index contributed by atoms with van der Waals surface area (Å²) in [6.45, 7) is 5.60. The highest BCUT2D eigenvalue weighted by Gasteiger charge is 2.31. The molecule has 0 fully saturated rings. The third-order valence-electron chi connectivity index (χ3n) is 5.34. The molecule has 184 valence electrons. The number of hydrogen-bond donors (Lipinski definition) is 0. The topological polar surface area (TPSA) is 40.6 Å². The van der Waals surface area contributed by atoms with E-state index in [1.54, 1.807) is 17.0 Å². The lowest BCUT2D eigenvalue weighted by Gasteiger charge is -2.27. The first-order valence-electron chi connectivity index (χ1n) is 10.7. The number of alkyl halides is 3. The molecule has 0 aliphatic rings. The predicted molar refractivity (Wildman–Crippen MR) is 127 cm³/mol. The summed E-state index contributed by atoms with van der Waals surface area (Å²) in [5.74, 6) is -1.51. The van der Waals surface area contributed by atoms with E-state index < -0.39 is 29.4 Å². The number of thiophene rings is 1. The van der Waals surface area contributed by atoms with Gasteiger partial charge >= 0.3 is 6.18 Å². The van der Waals surface area contributed by atoms with Crippen molar-refractivity contribution in [3.63, 3.8) is 0 Å². The molecule has 0 radical (unpaired) electrons. The minimum atomic E-state index is -4.60. The van der Waals surface area contributed by atoms with Crippen molar-refractivity contribution >= 4 is 23.2 Å². The fraction of sp³-hybridized carbons (Fsp3) is 0.231. The normalized spacial score (nSPS) is 11.2. The molecule has 0 saturated carbocycles. The lowest BCUT2D eigenvalue weighted by Crippen LogP contribution is -2.42. The van der Waals surface area contributed by atoms with Crippen LogP contribution in [-0.4, -0.2) is 34.7 Å². The zero-order valence-corrected chi connectivity index (χ0v) is 19.8. The minimum Gasteiger partial charge on any atom is -0.332 e. The number of carbonyl (C=O) groups is 2. The Morgan fingerprint density at radius 2 is 1.74 bits per heavy atom. The van der Waals surface area contributed by atoms with Crippen LogP contribution in [0.2, 0.25) is 0 Å². The van der Waals surface area contributed by atoms with Gasteiger partial charge in [0.2, 0.25) is 5.91 Å². The predicted octanol–water partition coefficient (Wildman–Crippen LogP) is 6.07. The molecule has 0 atom stereocenters. The van der Waals surface area contributed by atoms with E-state index in [1.165, 1.54) is 35.6 Å². The summed E-state index contributed by atoms with van der Waals surface area (Å²) in [7, 11) is 0. The molecule has 0 N–H and O–H groups in total. The number of rotatable bonds is 9. The highest BCUT2D eigenvalue weighted by Crippen LogP contribution is 2.30. The molecule has 2 aromatic carbocycles. The van der Waals surface area contributed by atoms with Crippen LogP contribution in [-0.2, 0) is 24.1 Å². The lowest BCUT2D eigenvalue weighted by molar-refractivity contribution is -0.137. The Morgan fingerprint density at radius 3 is 2.34 bits per heavy atom. The molecule has 0 aliphatic carbocycles. The summed E-state index contributed by atoms with van der Waals surface area (Å²) in [6, 6.07) is 11.8. The van der Waals surface area contributed by atoms with Gasteiger partial charge in [0.25, 0.3) is 5.91 Å². The van der Waals surface area contributed by atoms with Crippen LogP contribution < -0.4 is 0 Å². The van der Waals surface area contributed by atoms with Crippen LogP contribution in [0.15, 0.2) is 72.6 Å². The molecule has 1 aromatic heterocycles. The molecule has 0 spiro atoms. The number of halogens is 4. The summed E-state index contributed by atoms with van der Waals surface area (Å²) >= 11 is 1.49. The third-order valence-corrected chi connectivity index (χ3v) is 6.35. The van der Waals surface area contributed by atoms with Gasteiger partial charge in [-0.1, -0.05) is 24.3 Å². The second-order valence-corrected chi connectivity index (χ2v) is 8.96. The Bertz CT molecular complexity index is 1190. The molecule has 4 nitrogen and oxygen atoms in total. The van der Waals surface area contributed by atoms with E-state index in [4.69, 9.17) is 0 Å². The molecule has 9 heteroatoms. The molecule has 0 saturated heterocycles. The molecule has 0 unspecified atom stereocenters. The van der Waals surface area contributed by atoms with Gasteiger partial charge in [0.15, 0.2) is 0 Å². The number of hydrogen-bond acceptors (Lipinski definition) is 3. The van der Waals surface area contributed by atoms with E-state index in [9.17, 15) is 27.2 Å². The largest absolute Gasteiger partial charge is 0.416 e. The first-order valence-corrected chi connectivity index (χ1v) is 11.6. The van der Waals surface area contributed by atoms with Crippen LogP contribution in [0, 0.1) is 12.7 Å². The number of aryl methyl sites for hydroxylation is 1. The van der Waals surface area contributed by atoms with Crippen LogP contribution in [0.3, 0.4) is 0 Å². The van der Waals surface area contributed by atoms with Gasteiger partial charge in [0.05, 0.1) is 12.1 Å². The van der Waals surface area contributed by atoms with Crippen molar-refractivity contribution in [1.82, 2.24) is 9.80 Å². The molecule has 35 heavy (non-hydrogen) atoms. The highest BCUT2D eigenvalue weighted by molar-refractivity contribution is 7.10. The molecule has 2 amide bonds. The van der Waals surface area contributed by atoms with E-state index in [1.807, 2.05) is 18.4 Å². The molecule has 0 aliphatic heterocycles. The highest BCUT2D eigenvalue weighted by atomic mass is 32.1. The maximum Gasteiger partial charge on any atom is 0.416 e. The fourth-order valence-corrected chi connectivity index (χ4v) is 4.35. The van der Waals surface area contributed by atoms with E-state index in [-0.39, 0.29) is 31.7 Å². The molecule has 1 heterocycles. The van der Waals surface area contributed by atoms with Crippen LogP contribution >= 0.6 is 11.3 Å². The maximum absolute atomic E-state index is 13.3.